The number of imide groups is 1. The first kappa shape index (κ1) is 23.3. The molecule has 0 spiro atoms. The lowest BCUT2D eigenvalue weighted by atomic mass is 9.81. The number of nitrogens with zero attached hydrogens (tertiary/aromatic N) is 1. The van der Waals surface area contributed by atoms with Crippen molar-refractivity contribution in [2.24, 2.45) is 11.8 Å². The van der Waals surface area contributed by atoms with Crippen molar-refractivity contribution >= 4 is 27.5 Å². The number of nitrogens with one attached hydrogen (secondary N) is 1. The third-order valence-corrected chi connectivity index (χ3v) is 7.78. The van der Waals surface area contributed by atoms with Crippen LogP contribution >= 0.6 is 0 Å². The van der Waals surface area contributed by atoms with Crippen molar-refractivity contribution < 1.29 is 31.2 Å². The average molecular weight is 481 g/mol. The number of benzene rings is 2. The zero-order valence-electron chi connectivity index (χ0n) is 17.9. The van der Waals surface area contributed by atoms with E-state index in [4.69, 9.17) is 0 Å². The predicted octanol–water partition coefficient (Wildman–Crippen LogP) is 4.49. The Hall–Kier alpha value is -2.88. The number of fused-ring (bicyclic) bond motifs is 1. The number of hydrogen-bond donors (Lipinski definition) is 1. The van der Waals surface area contributed by atoms with Crippen molar-refractivity contribution in [1.29, 1.82) is 0 Å². The van der Waals surface area contributed by atoms with Crippen LogP contribution in [0.4, 0.5) is 18.9 Å². The third kappa shape index (κ3) is 4.62. The maximum atomic E-state index is 13.0. The van der Waals surface area contributed by atoms with Crippen molar-refractivity contribution in [2.75, 3.05) is 4.72 Å². The molecule has 4 rings (SSSR count). The summed E-state index contributed by atoms with van der Waals surface area (Å²) in [5, 5.41) is 0. The highest BCUT2D eigenvalue weighted by atomic mass is 32.2. The molecule has 2 atom stereocenters. The third-order valence-electron chi connectivity index (χ3n) is 6.26. The van der Waals surface area contributed by atoms with E-state index in [0.717, 1.165) is 31.0 Å². The summed E-state index contributed by atoms with van der Waals surface area (Å²) in [4.78, 5) is 26.5. The molecule has 2 aromatic rings. The molecule has 33 heavy (non-hydrogen) atoms. The monoisotopic (exact) mass is 480 g/mol. The molecule has 10 heteroatoms. The molecule has 0 unspecified atom stereocenters. The molecular formula is C23H23F3N2O4S. The molecule has 1 aliphatic carbocycles. The molecule has 1 heterocycles. The van der Waals surface area contributed by atoms with Gasteiger partial charge in [0.1, 0.15) is 0 Å². The molecule has 2 amide bonds. The van der Waals surface area contributed by atoms with Gasteiger partial charge in [-0.25, -0.2) is 8.42 Å². The Labute approximate surface area is 189 Å². The van der Waals surface area contributed by atoms with Gasteiger partial charge in [-0.05, 0) is 55.2 Å². The second kappa shape index (κ2) is 8.48. The zero-order chi connectivity index (χ0) is 24.0. The number of anilines is 1. The van der Waals surface area contributed by atoms with E-state index in [1.165, 1.54) is 17.0 Å². The van der Waals surface area contributed by atoms with Crippen molar-refractivity contribution in [3.8, 4) is 0 Å². The van der Waals surface area contributed by atoms with Gasteiger partial charge in [-0.2, -0.15) is 13.2 Å². The van der Waals surface area contributed by atoms with Gasteiger partial charge >= 0.3 is 6.18 Å². The molecule has 176 valence electrons. The number of alkyl halides is 3. The van der Waals surface area contributed by atoms with E-state index in [2.05, 4.69) is 4.72 Å². The first-order valence-electron chi connectivity index (χ1n) is 10.6. The van der Waals surface area contributed by atoms with Crippen LogP contribution in [0.2, 0.25) is 0 Å². The highest BCUT2D eigenvalue weighted by Crippen LogP contribution is 2.39. The van der Waals surface area contributed by atoms with E-state index in [1.54, 1.807) is 19.1 Å². The van der Waals surface area contributed by atoms with Gasteiger partial charge in [-0.3, -0.25) is 19.2 Å². The van der Waals surface area contributed by atoms with Gasteiger partial charge in [-0.1, -0.05) is 31.0 Å². The highest BCUT2D eigenvalue weighted by molar-refractivity contribution is 7.92. The van der Waals surface area contributed by atoms with Gasteiger partial charge in [0.2, 0.25) is 11.8 Å². The Morgan fingerprint density at radius 1 is 1.00 bits per heavy atom. The van der Waals surface area contributed by atoms with Gasteiger partial charge in [0.05, 0.1) is 28.8 Å². The lowest BCUT2D eigenvalue weighted by molar-refractivity contribution is -0.141. The normalized spacial score (nSPS) is 21.3. The molecule has 2 aromatic carbocycles. The molecule has 6 nitrogen and oxygen atoms in total. The summed E-state index contributed by atoms with van der Waals surface area (Å²) in [5.41, 5.74) is -0.361. The number of sulfonamides is 1. The largest absolute Gasteiger partial charge is 0.416 e. The fourth-order valence-electron chi connectivity index (χ4n) is 4.57. The molecule has 1 saturated carbocycles. The fraction of sp³-hybridized carbons (Fsp3) is 0.391. The number of carbonyl (C=O) groups is 2. The number of likely N-dealkylation sites (tertiary alicyclic amines) is 1. The summed E-state index contributed by atoms with van der Waals surface area (Å²) in [6.45, 7) is 1.52. The van der Waals surface area contributed by atoms with Crippen molar-refractivity contribution in [3.63, 3.8) is 0 Å². The number of rotatable bonds is 5. The predicted molar refractivity (Wildman–Crippen MR) is 114 cm³/mol. The SMILES string of the molecule is Cc1ccc(CN2C(=O)[C@H]3CCCC[C@H]3C2=O)cc1S(=O)(=O)Nc1cccc(C(F)(F)F)c1. The van der Waals surface area contributed by atoms with Crippen LogP contribution in [0.15, 0.2) is 47.4 Å². The van der Waals surface area contributed by atoms with Crippen LogP contribution in [0.1, 0.15) is 42.4 Å². The Bertz CT molecular complexity index is 1190. The van der Waals surface area contributed by atoms with Crippen LogP contribution in [-0.4, -0.2) is 25.1 Å². The van der Waals surface area contributed by atoms with Crippen LogP contribution in [0.3, 0.4) is 0 Å². The molecule has 0 radical (unpaired) electrons. The minimum atomic E-state index is -4.61. The maximum absolute atomic E-state index is 13.0. The first-order valence-corrected chi connectivity index (χ1v) is 12.1. The summed E-state index contributed by atoms with van der Waals surface area (Å²) in [6, 6.07) is 8.47. The zero-order valence-corrected chi connectivity index (χ0v) is 18.7. The molecule has 2 fully saturated rings. The van der Waals surface area contributed by atoms with E-state index in [1.807, 2.05) is 0 Å². The van der Waals surface area contributed by atoms with Gasteiger partial charge in [0.25, 0.3) is 10.0 Å². The van der Waals surface area contributed by atoms with Crippen LogP contribution < -0.4 is 4.72 Å². The summed E-state index contributed by atoms with van der Waals surface area (Å²) in [5.74, 6) is -1.06. The van der Waals surface area contributed by atoms with E-state index in [-0.39, 0.29) is 40.8 Å². The minimum absolute atomic E-state index is 0.0446. The quantitative estimate of drug-likeness (QED) is 0.640. The summed E-state index contributed by atoms with van der Waals surface area (Å²) < 4.78 is 67.0. The summed E-state index contributed by atoms with van der Waals surface area (Å²) in [6.07, 6.45) is -1.44. The van der Waals surface area contributed by atoms with Crippen LogP contribution in [0, 0.1) is 18.8 Å². The molecule has 1 saturated heterocycles. The Kier molecular flexibility index (Phi) is 5.98. The highest BCUT2D eigenvalue weighted by Gasteiger charge is 2.47. The minimum Gasteiger partial charge on any atom is -0.280 e. The molecule has 0 bridgehead atoms. The number of aryl methyl sites for hydroxylation is 1. The van der Waals surface area contributed by atoms with Crippen LogP contribution in [-0.2, 0) is 32.3 Å². The fourth-order valence-corrected chi connectivity index (χ4v) is 5.92. The molecule has 0 aromatic heterocycles. The first-order chi connectivity index (χ1) is 15.5. The number of amides is 2. The second-order valence-corrected chi connectivity index (χ2v) is 10.2. The molecule has 1 aliphatic heterocycles. The Morgan fingerprint density at radius 2 is 1.64 bits per heavy atom. The van der Waals surface area contributed by atoms with Crippen molar-refractivity contribution in [2.45, 2.75) is 50.2 Å². The van der Waals surface area contributed by atoms with Gasteiger partial charge in [0, 0.05) is 5.69 Å². The summed E-state index contributed by atoms with van der Waals surface area (Å²) >= 11 is 0. The molecular weight excluding hydrogens is 457 g/mol. The number of hydrogen-bond acceptors (Lipinski definition) is 4. The average Bonchev–Trinajstić information content (AvgIpc) is 2.99. The van der Waals surface area contributed by atoms with E-state index in [0.29, 0.717) is 24.0 Å². The van der Waals surface area contributed by atoms with Crippen molar-refractivity contribution in [3.05, 3.63) is 59.2 Å². The molecule has 1 N–H and O–H groups in total. The topological polar surface area (TPSA) is 83.6 Å². The smallest absolute Gasteiger partial charge is 0.280 e. The van der Waals surface area contributed by atoms with Crippen LogP contribution in [0.25, 0.3) is 0 Å². The maximum Gasteiger partial charge on any atom is 0.416 e. The molecule has 2 aliphatic rings. The standard InChI is InChI=1S/C23H23F3N2O4S/c1-14-9-10-15(13-28-21(29)18-7-2-3-8-19(18)22(28)30)11-20(14)33(31,32)27-17-6-4-5-16(12-17)23(24,25)26/h4-6,9-12,18-19,27H,2-3,7-8,13H2,1H3/t18-,19+. The Morgan fingerprint density at radius 3 is 2.24 bits per heavy atom. The lowest BCUT2D eigenvalue weighted by Gasteiger charge is -2.19. The Balaban J connectivity index is 1.58. The second-order valence-electron chi connectivity index (χ2n) is 8.54. The van der Waals surface area contributed by atoms with Gasteiger partial charge < -0.3 is 0 Å². The van der Waals surface area contributed by atoms with Crippen molar-refractivity contribution in [1.82, 2.24) is 4.90 Å². The summed E-state index contributed by atoms with van der Waals surface area (Å²) in [7, 11) is -4.22. The van der Waals surface area contributed by atoms with E-state index < -0.39 is 21.8 Å². The van der Waals surface area contributed by atoms with E-state index >= 15 is 0 Å². The number of halogens is 3. The number of carbonyl (C=O) groups excluding carboxylic acids is 2. The van der Waals surface area contributed by atoms with Gasteiger partial charge in [0.15, 0.2) is 0 Å². The van der Waals surface area contributed by atoms with E-state index in [9.17, 15) is 31.2 Å². The van der Waals surface area contributed by atoms with Gasteiger partial charge in [-0.15, -0.1) is 0 Å². The lowest BCUT2D eigenvalue weighted by Crippen LogP contribution is -2.30. The van der Waals surface area contributed by atoms with Crippen LogP contribution in [0.5, 0.6) is 0 Å².